The molecule has 0 fully saturated rings. The van der Waals surface area contributed by atoms with E-state index in [-0.39, 0.29) is 17.5 Å². The molecule has 6 heteroatoms. The summed E-state index contributed by atoms with van der Waals surface area (Å²) >= 11 is 1.29. The summed E-state index contributed by atoms with van der Waals surface area (Å²) in [6, 6.07) is 5.82. The second kappa shape index (κ2) is 5.53. The van der Waals surface area contributed by atoms with Gasteiger partial charge in [-0.25, -0.2) is 4.39 Å². The Hall–Kier alpha value is -2.21. The van der Waals surface area contributed by atoms with E-state index in [1.54, 1.807) is 6.07 Å². The van der Waals surface area contributed by atoms with E-state index in [0.717, 1.165) is 10.4 Å². The number of thiophene rings is 1. The average Bonchev–Trinajstić information content (AvgIpc) is 3.02. The number of carbonyl (C=O) groups is 2. The predicted molar refractivity (Wildman–Crippen MR) is 81.5 cm³/mol. The van der Waals surface area contributed by atoms with Gasteiger partial charge in [-0.05, 0) is 30.5 Å². The highest BCUT2D eigenvalue weighted by Crippen LogP contribution is 2.41. The molecule has 1 aromatic heterocycles. The lowest BCUT2D eigenvalue weighted by molar-refractivity contribution is -0.145. The van der Waals surface area contributed by atoms with Crippen LogP contribution in [0.5, 0.6) is 0 Å². The fourth-order valence-electron chi connectivity index (χ4n) is 2.82. The molecule has 0 spiro atoms. The molecular weight excluding hydrogens is 305 g/mol. The quantitative estimate of drug-likeness (QED) is 0.697. The molecule has 1 unspecified atom stereocenters. The maximum absolute atomic E-state index is 13.8. The van der Waals surface area contributed by atoms with Gasteiger partial charge in [0.25, 0.3) is 0 Å². The van der Waals surface area contributed by atoms with E-state index in [9.17, 15) is 14.0 Å². The van der Waals surface area contributed by atoms with Crippen molar-refractivity contribution in [3.05, 3.63) is 51.7 Å². The predicted octanol–water partition coefficient (Wildman–Crippen LogP) is 2.59. The van der Waals surface area contributed by atoms with E-state index in [0.29, 0.717) is 23.4 Å². The smallest absolute Gasteiger partial charge is 0.309 e. The van der Waals surface area contributed by atoms with Gasteiger partial charge < -0.3 is 10.5 Å². The number of hydrogen-bond donors (Lipinski definition) is 1. The highest BCUT2D eigenvalue weighted by atomic mass is 32.1. The molecule has 0 aliphatic heterocycles. The van der Waals surface area contributed by atoms with Crippen LogP contribution in [0.3, 0.4) is 0 Å². The summed E-state index contributed by atoms with van der Waals surface area (Å²) in [4.78, 5) is 25.2. The Bertz CT molecular complexity index is 769. The molecular formula is C16H14FNO3S. The Balaban J connectivity index is 1.99. The van der Waals surface area contributed by atoms with Crippen LogP contribution >= 0.6 is 11.3 Å². The van der Waals surface area contributed by atoms with Crippen LogP contribution in [0, 0.1) is 11.7 Å². The van der Waals surface area contributed by atoms with Crippen molar-refractivity contribution < 1.29 is 18.7 Å². The van der Waals surface area contributed by atoms with Crippen LogP contribution < -0.4 is 5.73 Å². The van der Waals surface area contributed by atoms with Gasteiger partial charge >= 0.3 is 5.97 Å². The molecule has 1 aliphatic rings. The minimum atomic E-state index is -0.575. The second-order valence-electron chi connectivity index (χ2n) is 5.18. The molecule has 1 atom stereocenters. The first-order valence-corrected chi connectivity index (χ1v) is 7.61. The number of nitrogens with two attached hydrogens (primary N) is 1. The van der Waals surface area contributed by atoms with E-state index >= 15 is 0 Å². The van der Waals surface area contributed by atoms with E-state index in [2.05, 4.69) is 0 Å². The highest BCUT2D eigenvalue weighted by Gasteiger charge is 2.35. The van der Waals surface area contributed by atoms with Crippen LogP contribution in [0.1, 0.15) is 26.4 Å². The number of ether oxygens (including phenoxy) is 1. The van der Waals surface area contributed by atoms with Gasteiger partial charge in [0.05, 0.1) is 29.2 Å². The molecule has 0 saturated carbocycles. The zero-order valence-corrected chi connectivity index (χ0v) is 12.7. The number of benzene rings is 1. The third-order valence-corrected chi connectivity index (χ3v) is 4.96. The lowest BCUT2D eigenvalue weighted by Gasteiger charge is -2.08. The van der Waals surface area contributed by atoms with Gasteiger partial charge in [0.1, 0.15) is 5.82 Å². The number of rotatable bonds is 3. The zero-order valence-electron chi connectivity index (χ0n) is 11.9. The molecule has 3 rings (SSSR count). The van der Waals surface area contributed by atoms with Crippen molar-refractivity contribution in [1.29, 1.82) is 0 Å². The first-order valence-electron chi connectivity index (χ1n) is 6.80. The number of carbonyl (C=O) groups excluding carboxylic acids is 2. The molecule has 1 aliphatic carbocycles. The van der Waals surface area contributed by atoms with Gasteiger partial charge in [0, 0.05) is 4.88 Å². The summed E-state index contributed by atoms with van der Waals surface area (Å²) < 4.78 is 18.6. The average molecular weight is 319 g/mol. The van der Waals surface area contributed by atoms with Gasteiger partial charge in [-0.15, -0.1) is 11.3 Å². The third kappa shape index (κ3) is 2.29. The van der Waals surface area contributed by atoms with Crippen molar-refractivity contribution in [2.45, 2.75) is 12.8 Å². The Kier molecular flexibility index (Phi) is 3.70. The number of ketones is 1. The first-order chi connectivity index (χ1) is 10.5. The van der Waals surface area contributed by atoms with Crippen LogP contribution in [0.4, 0.5) is 9.39 Å². The number of fused-ring (bicyclic) bond motifs is 1. The molecule has 2 N–H and O–H groups in total. The summed E-state index contributed by atoms with van der Waals surface area (Å²) in [6.45, 7) is 0. The van der Waals surface area contributed by atoms with Crippen LogP contribution in [0.15, 0.2) is 24.3 Å². The summed E-state index contributed by atoms with van der Waals surface area (Å²) in [5, 5.41) is 0.376. The van der Waals surface area contributed by atoms with Crippen molar-refractivity contribution in [2.75, 3.05) is 12.8 Å². The summed E-state index contributed by atoms with van der Waals surface area (Å²) in [6.07, 6.45) is 0.923. The first kappa shape index (κ1) is 14.7. The molecule has 4 nitrogen and oxygen atoms in total. The maximum atomic E-state index is 13.8. The van der Waals surface area contributed by atoms with Crippen molar-refractivity contribution in [1.82, 2.24) is 0 Å². The van der Waals surface area contributed by atoms with Gasteiger partial charge in [0.2, 0.25) is 0 Å². The SMILES string of the molecule is COC(=O)C1Cc2sc(N)c(C(=O)c3ccccc3F)c2C1. The van der Waals surface area contributed by atoms with Crippen LogP contribution in [-0.2, 0) is 22.4 Å². The molecule has 2 aromatic rings. The topological polar surface area (TPSA) is 69.4 Å². The third-order valence-electron chi connectivity index (χ3n) is 3.88. The number of methoxy groups -OCH3 is 1. The fourth-order valence-corrected chi connectivity index (χ4v) is 4.00. The molecule has 22 heavy (non-hydrogen) atoms. The van der Waals surface area contributed by atoms with E-state index < -0.39 is 11.6 Å². The van der Waals surface area contributed by atoms with Crippen LogP contribution in [0.2, 0.25) is 0 Å². The summed E-state index contributed by atoms with van der Waals surface area (Å²) in [5.74, 6) is -1.60. The Morgan fingerprint density at radius 2 is 2.05 bits per heavy atom. The van der Waals surface area contributed by atoms with Gasteiger partial charge in [-0.3, -0.25) is 9.59 Å². The number of nitrogen functional groups attached to an aromatic ring is 1. The Morgan fingerprint density at radius 3 is 2.73 bits per heavy atom. The van der Waals surface area contributed by atoms with Crippen molar-refractivity contribution in [3.63, 3.8) is 0 Å². The fraction of sp³-hybridized carbons (Fsp3) is 0.250. The van der Waals surface area contributed by atoms with Gasteiger partial charge in [0.15, 0.2) is 5.78 Å². The minimum absolute atomic E-state index is 0.00341. The van der Waals surface area contributed by atoms with Crippen LogP contribution in [0.25, 0.3) is 0 Å². The van der Waals surface area contributed by atoms with E-state index in [1.165, 1.54) is 36.6 Å². The van der Waals surface area contributed by atoms with E-state index in [4.69, 9.17) is 10.5 Å². The summed E-state index contributed by atoms with van der Waals surface area (Å²) in [7, 11) is 1.34. The molecule has 0 radical (unpaired) electrons. The molecule has 1 aromatic carbocycles. The van der Waals surface area contributed by atoms with Crippen molar-refractivity contribution >= 4 is 28.1 Å². The normalized spacial score (nSPS) is 16.4. The minimum Gasteiger partial charge on any atom is -0.469 e. The standard InChI is InChI=1S/C16H14FNO3S/c1-21-16(20)8-6-10-12(7-8)22-15(18)13(10)14(19)9-4-2-3-5-11(9)17/h2-5,8H,6-7,18H2,1H3. The highest BCUT2D eigenvalue weighted by molar-refractivity contribution is 7.16. The summed E-state index contributed by atoms with van der Waals surface area (Å²) in [5.41, 5.74) is 7.04. The largest absolute Gasteiger partial charge is 0.469 e. The monoisotopic (exact) mass is 319 g/mol. The molecule has 0 bridgehead atoms. The second-order valence-corrected chi connectivity index (χ2v) is 6.32. The van der Waals surface area contributed by atoms with E-state index in [1.807, 2.05) is 0 Å². The number of anilines is 1. The molecule has 114 valence electrons. The maximum Gasteiger partial charge on any atom is 0.309 e. The van der Waals surface area contributed by atoms with Crippen molar-refractivity contribution in [3.8, 4) is 0 Å². The number of halogens is 1. The molecule has 1 heterocycles. The zero-order chi connectivity index (χ0) is 15.9. The van der Waals surface area contributed by atoms with Gasteiger partial charge in [-0.1, -0.05) is 12.1 Å². The number of esters is 1. The molecule has 0 saturated heterocycles. The Morgan fingerprint density at radius 1 is 1.32 bits per heavy atom. The van der Waals surface area contributed by atoms with Crippen molar-refractivity contribution in [2.24, 2.45) is 5.92 Å². The van der Waals surface area contributed by atoms with Gasteiger partial charge in [-0.2, -0.15) is 0 Å². The Labute approximate surface area is 130 Å². The lowest BCUT2D eigenvalue weighted by atomic mass is 9.98. The van der Waals surface area contributed by atoms with Crippen LogP contribution in [-0.4, -0.2) is 18.9 Å². The molecule has 0 amide bonds. The lowest BCUT2D eigenvalue weighted by Crippen LogP contribution is -2.17. The number of hydrogen-bond acceptors (Lipinski definition) is 5.